The van der Waals surface area contributed by atoms with Crippen LogP contribution in [0.5, 0.6) is 11.5 Å². The van der Waals surface area contributed by atoms with Crippen LogP contribution in [0.15, 0.2) is 77.7 Å². The zero-order chi connectivity index (χ0) is 26.4. The van der Waals surface area contributed by atoms with E-state index in [1.54, 1.807) is 60.7 Å². The number of nitrogens with zero attached hydrogens (tertiary/aromatic N) is 2. The van der Waals surface area contributed by atoms with Gasteiger partial charge in [0.05, 0.1) is 16.9 Å². The fourth-order valence-electron chi connectivity index (χ4n) is 3.40. The number of anilines is 1. The van der Waals surface area contributed by atoms with Gasteiger partial charge in [0.15, 0.2) is 0 Å². The van der Waals surface area contributed by atoms with Crippen LogP contribution in [0.2, 0.25) is 0 Å². The molecule has 0 saturated carbocycles. The average Bonchev–Trinajstić information content (AvgIpc) is 3.16. The SMILES string of the molecule is COc1ccc(NC(=O)CN2C(=O)S/C(=C\c3ccccc3OCc3ccc([N+](=O)[O-])cc3)C2=O)cc1. The maximum absolute atomic E-state index is 12.9. The van der Waals surface area contributed by atoms with Gasteiger partial charge in [0.1, 0.15) is 24.7 Å². The van der Waals surface area contributed by atoms with Crippen LogP contribution in [0.25, 0.3) is 6.08 Å². The summed E-state index contributed by atoms with van der Waals surface area (Å²) in [6.45, 7) is -0.276. The number of para-hydroxylation sites is 1. The van der Waals surface area contributed by atoms with Gasteiger partial charge in [0.25, 0.3) is 16.8 Å². The highest BCUT2D eigenvalue weighted by Crippen LogP contribution is 2.34. The third-order valence-electron chi connectivity index (χ3n) is 5.30. The minimum atomic E-state index is -0.579. The van der Waals surface area contributed by atoms with Gasteiger partial charge in [0, 0.05) is 23.4 Å². The number of hydrogen-bond acceptors (Lipinski definition) is 8. The third kappa shape index (κ3) is 6.33. The van der Waals surface area contributed by atoms with E-state index in [1.165, 1.54) is 25.3 Å². The molecule has 1 heterocycles. The number of non-ortho nitro benzene ring substituents is 1. The highest BCUT2D eigenvalue weighted by molar-refractivity contribution is 8.18. The van der Waals surface area contributed by atoms with E-state index >= 15 is 0 Å². The standard InChI is InChI=1S/C26H21N3O7S/c1-35-21-12-8-19(9-13-21)27-24(30)15-28-25(31)23(37-26(28)32)14-18-4-2-3-5-22(18)36-16-17-6-10-20(11-7-17)29(33)34/h2-14H,15-16H2,1H3,(H,27,30)/b23-14-. The van der Waals surface area contributed by atoms with E-state index in [1.807, 2.05) is 0 Å². The van der Waals surface area contributed by atoms with Crippen LogP contribution in [0.1, 0.15) is 11.1 Å². The molecule has 0 aromatic heterocycles. The molecule has 4 rings (SSSR count). The monoisotopic (exact) mass is 519 g/mol. The lowest BCUT2D eigenvalue weighted by molar-refractivity contribution is -0.384. The van der Waals surface area contributed by atoms with Crippen LogP contribution in [0.4, 0.5) is 16.2 Å². The van der Waals surface area contributed by atoms with Gasteiger partial charge in [-0.25, -0.2) is 0 Å². The number of ether oxygens (including phenoxy) is 2. The number of benzene rings is 3. The molecule has 1 N–H and O–H groups in total. The van der Waals surface area contributed by atoms with Crippen molar-refractivity contribution < 1.29 is 28.8 Å². The molecule has 0 spiro atoms. The van der Waals surface area contributed by atoms with Crippen molar-refractivity contribution >= 4 is 46.3 Å². The predicted octanol–water partition coefficient (Wildman–Crippen LogP) is 4.86. The Balaban J connectivity index is 1.42. The Morgan fingerprint density at radius 2 is 1.76 bits per heavy atom. The van der Waals surface area contributed by atoms with Crippen molar-refractivity contribution in [2.45, 2.75) is 6.61 Å². The quantitative estimate of drug-likeness (QED) is 0.241. The first-order valence-electron chi connectivity index (χ1n) is 11.0. The van der Waals surface area contributed by atoms with E-state index in [2.05, 4.69) is 5.32 Å². The largest absolute Gasteiger partial charge is 0.497 e. The lowest BCUT2D eigenvalue weighted by atomic mass is 10.1. The number of thioether (sulfide) groups is 1. The first-order chi connectivity index (χ1) is 17.8. The number of imide groups is 1. The molecular weight excluding hydrogens is 498 g/mol. The number of methoxy groups -OCH3 is 1. The average molecular weight is 520 g/mol. The van der Waals surface area contributed by atoms with Crippen LogP contribution in [0, 0.1) is 10.1 Å². The van der Waals surface area contributed by atoms with E-state index in [4.69, 9.17) is 9.47 Å². The van der Waals surface area contributed by atoms with E-state index in [0.29, 0.717) is 22.7 Å². The Kier molecular flexibility index (Phi) is 7.84. The molecule has 1 aliphatic rings. The molecule has 0 bridgehead atoms. The number of nitro benzene ring substituents is 1. The van der Waals surface area contributed by atoms with Crippen LogP contribution < -0.4 is 14.8 Å². The van der Waals surface area contributed by atoms with Crippen molar-refractivity contribution in [1.82, 2.24) is 4.90 Å². The summed E-state index contributed by atoms with van der Waals surface area (Å²) in [7, 11) is 1.53. The fraction of sp³-hybridized carbons (Fsp3) is 0.115. The number of amides is 3. The Labute approximate surface area is 216 Å². The second kappa shape index (κ2) is 11.4. The zero-order valence-corrected chi connectivity index (χ0v) is 20.4. The molecular formula is C26H21N3O7S. The second-order valence-corrected chi connectivity index (χ2v) is 8.79. The minimum Gasteiger partial charge on any atom is -0.497 e. The van der Waals surface area contributed by atoms with Gasteiger partial charge in [-0.2, -0.15) is 0 Å². The summed E-state index contributed by atoms with van der Waals surface area (Å²) in [4.78, 5) is 49.2. The van der Waals surface area contributed by atoms with E-state index in [9.17, 15) is 24.5 Å². The maximum Gasteiger partial charge on any atom is 0.294 e. The van der Waals surface area contributed by atoms with Crippen molar-refractivity contribution in [1.29, 1.82) is 0 Å². The fourth-order valence-corrected chi connectivity index (χ4v) is 4.23. The first kappa shape index (κ1) is 25.5. The predicted molar refractivity (Wildman–Crippen MR) is 138 cm³/mol. The first-order valence-corrected chi connectivity index (χ1v) is 11.8. The highest BCUT2D eigenvalue weighted by atomic mass is 32.2. The Morgan fingerprint density at radius 3 is 2.43 bits per heavy atom. The summed E-state index contributed by atoms with van der Waals surface area (Å²) in [5, 5.41) is 12.9. The van der Waals surface area contributed by atoms with Crippen molar-refractivity contribution in [3.05, 3.63) is 98.9 Å². The van der Waals surface area contributed by atoms with Gasteiger partial charge in [-0.1, -0.05) is 18.2 Å². The molecule has 0 radical (unpaired) electrons. The Morgan fingerprint density at radius 1 is 1.05 bits per heavy atom. The van der Waals surface area contributed by atoms with Crippen molar-refractivity contribution in [2.75, 3.05) is 19.0 Å². The van der Waals surface area contributed by atoms with Crippen LogP contribution in [0.3, 0.4) is 0 Å². The number of nitro groups is 1. The van der Waals surface area contributed by atoms with Crippen LogP contribution in [-0.4, -0.2) is 40.5 Å². The van der Waals surface area contributed by atoms with E-state index < -0.39 is 28.5 Å². The molecule has 0 aliphatic carbocycles. The second-order valence-electron chi connectivity index (χ2n) is 7.79. The number of hydrogen-bond donors (Lipinski definition) is 1. The van der Waals surface area contributed by atoms with Crippen molar-refractivity contribution in [3.8, 4) is 11.5 Å². The van der Waals surface area contributed by atoms with Crippen LogP contribution in [-0.2, 0) is 16.2 Å². The zero-order valence-electron chi connectivity index (χ0n) is 19.6. The molecule has 3 amide bonds. The molecule has 1 saturated heterocycles. The molecule has 10 nitrogen and oxygen atoms in total. The number of nitrogens with one attached hydrogen (secondary N) is 1. The molecule has 3 aromatic rings. The van der Waals surface area contributed by atoms with E-state index in [0.717, 1.165) is 22.2 Å². The summed E-state index contributed by atoms with van der Waals surface area (Å²) in [6, 6.07) is 19.6. The van der Waals surface area contributed by atoms with Gasteiger partial charge in [-0.3, -0.25) is 29.4 Å². The Bertz CT molecular complexity index is 1370. The van der Waals surface area contributed by atoms with Crippen LogP contribution >= 0.6 is 11.8 Å². The summed E-state index contributed by atoms with van der Waals surface area (Å²) in [6.07, 6.45) is 1.54. The summed E-state index contributed by atoms with van der Waals surface area (Å²) in [5.74, 6) is 0.00146. The molecule has 0 unspecified atom stereocenters. The summed E-state index contributed by atoms with van der Waals surface area (Å²) >= 11 is 0.740. The molecule has 3 aromatic carbocycles. The number of carbonyl (C=O) groups is 3. The molecule has 188 valence electrons. The molecule has 1 aliphatic heterocycles. The summed E-state index contributed by atoms with van der Waals surface area (Å²) < 4.78 is 10.9. The maximum atomic E-state index is 12.9. The summed E-state index contributed by atoms with van der Waals surface area (Å²) in [5.41, 5.74) is 1.78. The smallest absolute Gasteiger partial charge is 0.294 e. The van der Waals surface area contributed by atoms with Gasteiger partial charge in [0.2, 0.25) is 5.91 Å². The lowest BCUT2D eigenvalue weighted by Crippen LogP contribution is -2.36. The molecule has 0 atom stereocenters. The normalized spacial score (nSPS) is 14.1. The van der Waals surface area contributed by atoms with Gasteiger partial charge in [-0.15, -0.1) is 0 Å². The molecule has 1 fully saturated rings. The molecule has 11 heteroatoms. The van der Waals surface area contributed by atoms with Gasteiger partial charge >= 0.3 is 0 Å². The number of rotatable bonds is 9. The highest BCUT2D eigenvalue weighted by Gasteiger charge is 2.36. The minimum absolute atomic E-state index is 0.0162. The van der Waals surface area contributed by atoms with Crippen molar-refractivity contribution in [3.63, 3.8) is 0 Å². The molecule has 37 heavy (non-hydrogen) atoms. The third-order valence-corrected chi connectivity index (χ3v) is 6.20. The topological polar surface area (TPSA) is 128 Å². The lowest BCUT2D eigenvalue weighted by Gasteiger charge is -2.13. The Hall–Kier alpha value is -4.64. The van der Waals surface area contributed by atoms with Crippen molar-refractivity contribution in [2.24, 2.45) is 0 Å². The van der Waals surface area contributed by atoms with Gasteiger partial charge in [-0.05, 0) is 65.9 Å². The number of carbonyl (C=O) groups excluding carboxylic acids is 3. The van der Waals surface area contributed by atoms with Gasteiger partial charge < -0.3 is 14.8 Å². The van der Waals surface area contributed by atoms with E-state index in [-0.39, 0.29) is 17.2 Å².